The molecule has 2 rings (SSSR count). The van der Waals surface area contributed by atoms with E-state index in [-0.39, 0.29) is 12.4 Å². The van der Waals surface area contributed by atoms with Crippen molar-refractivity contribution in [2.75, 3.05) is 0 Å². The molecule has 0 unspecified atom stereocenters. The molecule has 1 amide bonds. The Morgan fingerprint density at radius 2 is 2.20 bits per heavy atom. The molecule has 1 aromatic heterocycles. The predicted molar refractivity (Wildman–Crippen MR) is 79.9 cm³/mol. The summed E-state index contributed by atoms with van der Waals surface area (Å²) >= 11 is 5.92. The lowest BCUT2D eigenvalue weighted by atomic mass is 10.2. The summed E-state index contributed by atoms with van der Waals surface area (Å²) in [7, 11) is 0. The van der Waals surface area contributed by atoms with Gasteiger partial charge in [0, 0.05) is 5.02 Å². The van der Waals surface area contributed by atoms with Crippen LogP contribution in [0.5, 0.6) is 0 Å². The van der Waals surface area contributed by atoms with Crippen LogP contribution in [-0.2, 0) is 0 Å². The van der Waals surface area contributed by atoms with Gasteiger partial charge in [-0.05, 0) is 25.1 Å². The quantitative estimate of drug-likeness (QED) is 0.583. The summed E-state index contributed by atoms with van der Waals surface area (Å²) in [6.07, 6.45) is 1.43. The zero-order chi connectivity index (χ0) is 14.0. The number of guanidine groups is 1. The van der Waals surface area contributed by atoms with Gasteiger partial charge in [-0.2, -0.15) is 5.10 Å². The summed E-state index contributed by atoms with van der Waals surface area (Å²) in [6.45, 7) is 1.75. The van der Waals surface area contributed by atoms with E-state index in [2.05, 4.69) is 10.4 Å². The summed E-state index contributed by atoms with van der Waals surface area (Å²) in [5, 5.41) is 14.0. The van der Waals surface area contributed by atoms with Crippen LogP contribution in [0, 0.1) is 12.3 Å². The smallest absolute Gasteiger partial charge is 0.261 e. The van der Waals surface area contributed by atoms with E-state index in [1.165, 1.54) is 6.20 Å². The molecule has 0 spiro atoms. The van der Waals surface area contributed by atoms with E-state index in [1.807, 2.05) is 6.07 Å². The molecule has 0 aliphatic rings. The second-order valence-corrected chi connectivity index (χ2v) is 4.34. The van der Waals surface area contributed by atoms with E-state index >= 15 is 0 Å². The molecule has 20 heavy (non-hydrogen) atoms. The Kier molecular flexibility index (Phi) is 5.12. The molecule has 8 heteroatoms. The Bertz CT molecular complexity index is 653. The van der Waals surface area contributed by atoms with Gasteiger partial charge >= 0.3 is 0 Å². The van der Waals surface area contributed by atoms with Crippen molar-refractivity contribution in [3.63, 3.8) is 0 Å². The summed E-state index contributed by atoms with van der Waals surface area (Å²) in [4.78, 5) is 11.8. The molecule has 0 atom stereocenters. The van der Waals surface area contributed by atoms with Crippen molar-refractivity contribution >= 4 is 35.9 Å². The van der Waals surface area contributed by atoms with Gasteiger partial charge in [0.05, 0.1) is 23.1 Å². The molecule has 0 saturated carbocycles. The third-order valence-electron chi connectivity index (χ3n) is 2.56. The summed E-state index contributed by atoms with van der Waals surface area (Å²) in [5.41, 5.74) is 6.88. The maximum Gasteiger partial charge on any atom is 0.261 e. The molecule has 2 aromatic rings. The SMILES string of the molecule is Cc1c(C(=O)NC(=N)N)cnn1-c1cccc(Cl)c1.Cl. The van der Waals surface area contributed by atoms with E-state index in [0.29, 0.717) is 16.3 Å². The van der Waals surface area contributed by atoms with Crippen LogP contribution >= 0.6 is 24.0 Å². The molecule has 0 radical (unpaired) electrons. The standard InChI is InChI=1S/C12H12ClN5O.ClH/c1-7-10(11(19)17-12(14)15)6-16-18(7)9-4-2-3-8(13)5-9;/h2-6H,1H3,(H4,14,15,17,19);1H. The molecule has 4 N–H and O–H groups in total. The Morgan fingerprint density at radius 3 is 2.80 bits per heavy atom. The van der Waals surface area contributed by atoms with Gasteiger partial charge in [-0.15, -0.1) is 12.4 Å². The van der Waals surface area contributed by atoms with Crippen molar-refractivity contribution in [3.8, 4) is 5.69 Å². The van der Waals surface area contributed by atoms with Crippen LogP contribution in [-0.4, -0.2) is 21.6 Å². The molecule has 6 nitrogen and oxygen atoms in total. The lowest BCUT2D eigenvalue weighted by Gasteiger charge is -2.06. The minimum Gasteiger partial charge on any atom is -0.370 e. The fourth-order valence-electron chi connectivity index (χ4n) is 1.69. The highest BCUT2D eigenvalue weighted by Gasteiger charge is 2.15. The van der Waals surface area contributed by atoms with Gasteiger partial charge in [0.15, 0.2) is 5.96 Å². The molecule has 0 aliphatic heterocycles. The number of carbonyl (C=O) groups is 1. The fourth-order valence-corrected chi connectivity index (χ4v) is 1.87. The van der Waals surface area contributed by atoms with Crippen LogP contribution in [0.4, 0.5) is 0 Å². The fraction of sp³-hybridized carbons (Fsp3) is 0.0833. The van der Waals surface area contributed by atoms with Crippen LogP contribution in [0.25, 0.3) is 5.69 Å². The Hall–Kier alpha value is -2.05. The third-order valence-corrected chi connectivity index (χ3v) is 2.79. The average molecular weight is 314 g/mol. The first-order valence-corrected chi connectivity index (χ1v) is 5.83. The van der Waals surface area contributed by atoms with Crippen LogP contribution in [0.3, 0.4) is 0 Å². The molecular weight excluding hydrogens is 301 g/mol. The molecule has 1 heterocycles. The van der Waals surface area contributed by atoms with E-state index in [0.717, 1.165) is 5.69 Å². The second kappa shape index (κ2) is 6.40. The summed E-state index contributed by atoms with van der Waals surface area (Å²) in [6, 6.07) is 7.13. The first-order chi connectivity index (χ1) is 8.99. The van der Waals surface area contributed by atoms with Crippen molar-refractivity contribution in [2.24, 2.45) is 5.73 Å². The highest BCUT2D eigenvalue weighted by Crippen LogP contribution is 2.17. The van der Waals surface area contributed by atoms with Gasteiger partial charge < -0.3 is 5.73 Å². The number of nitrogens with two attached hydrogens (primary N) is 1. The maximum atomic E-state index is 11.8. The molecule has 106 valence electrons. The number of benzene rings is 1. The third kappa shape index (κ3) is 3.28. The van der Waals surface area contributed by atoms with Gasteiger partial charge in [0.1, 0.15) is 0 Å². The normalized spacial score (nSPS) is 9.70. The van der Waals surface area contributed by atoms with Gasteiger partial charge in [0.25, 0.3) is 5.91 Å². The highest BCUT2D eigenvalue weighted by molar-refractivity contribution is 6.30. The molecule has 0 aliphatic carbocycles. The Labute approximate surface area is 126 Å². The number of nitrogens with one attached hydrogen (secondary N) is 2. The van der Waals surface area contributed by atoms with Crippen molar-refractivity contribution in [2.45, 2.75) is 6.92 Å². The summed E-state index contributed by atoms with van der Waals surface area (Å²) < 4.78 is 1.60. The number of nitrogens with zero attached hydrogens (tertiary/aromatic N) is 2. The van der Waals surface area contributed by atoms with Crippen molar-refractivity contribution < 1.29 is 4.79 Å². The molecular formula is C12H13Cl2N5O. The van der Waals surface area contributed by atoms with Crippen LogP contribution in [0.15, 0.2) is 30.5 Å². The zero-order valence-electron chi connectivity index (χ0n) is 10.6. The first kappa shape index (κ1) is 16.0. The van der Waals surface area contributed by atoms with Crippen LogP contribution in [0.1, 0.15) is 16.1 Å². The number of halogens is 2. The Morgan fingerprint density at radius 1 is 1.50 bits per heavy atom. The second-order valence-electron chi connectivity index (χ2n) is 3.90. The number of rotatable bonds is 2. The number of hydrogen-bond donors (Lipinski definition) is 3. The first-order valence-electron chi connectivity index (χ1n) is 5.45. The zero-order valence-corrected chi connectivity index (χ0v) is 12.1. The van der Waals surface area contributed by atoms with Gasteiger partial charge in [-0.25, -0.2) is 4.68 Å². The monoisotopic (exact) mass is 313 g/mol. The van der Waals surface area contributed by atoms with E-state index in [9.17, 15) is 4.79 Å². The predicted octanol–water partition coefficient (Wildman–Crippen LogP) is 1.88. The minimum atomic E-state index is -0.460. The number of amides is 1. The van der Waals surface area contributed by atoms with Gasteiger partial charge in [-0.1, -0.05) is 17.7 Å². The lowest BCUT2D eigenvalue weighted by Crippen LogP contribution is -2.35. The summed E-state index contributed by atoms with van der Waals surface area (Å²) in [5.74, 6) is -0.863. The van der Waals surface area contributed by atoms with Crippen LogP contribution < -0.4 is 11.1 Å². The van der Waals surface area contributed by atoms with Gasteiger partial charge in [0.2, 0.25) is 0 Å². The maximum absolute atomic E-state index is 11.8. The lowest BCUT2D eigenvalue weighted by molar-refractivity contribution is 0.0976. The van der Waals surface area contributed by atoms with Gasteiger partial charge in [-0.3, -0.25) is 15.5 Å². The topological polar surface area (TPSA) is 96.8 Å². The Balaban J connectivity index is 0.00000200. The number of carbonyl (C=O) groups excluding carboxylic acids is 1. The van der Waals surface area contributed by atoms with E-state index in [1.54, 1.807) is 29.8 Å². The number of hydrogen-bond acceptors (Lipinski definition) is 3. The molecule has 1 aromatic carbocycles. The van der Waals surface area contributed by atoms with E-state index in [4.69, 9.17) is 22.7 Å². The molecule has 0 bridgehead atoms. The van der Waals surface area contributed by atoms with Crippen molar-refractivity contribution in [3.05, 3.63) is 46.7 Å². The van der Waals surface area contributed by atoms with E-state index < -0.39 is 11.9 Å². The highest BCUT2D eigenvalue weighted by atomic mass is 35.5. The van der Waals surface area contributed by atoms with Crippen LogP contribution in [0.2, 0.25) is 5.02 Å². The minimum absolute atomic E-state index is 0. The molecule has 0 fully saturated rings. The largest absolute Gasteiger partial charge is 0.370 e. The van der Waals surface area contributed by atoms with Crippen molar-refractivity contribution in [1.82, 2.24) is 15.1 Å². The molecule has 0 saturated heterocycles. The number of aromatic nitrogens is 2. The average Bonchev–Trinajstić information content (AvgIpc) is 2.70. The van der Waals surface area contributed by atoms with Crippen molar-refractivity contribution in [1.29, 1.82) is 5.41 Å².